The van der Waals surface area contributed by atoms with Gasteiger partial charge in [0.05, 0.1) is 12.2 Å². The van der Waals surface area contributed by atoms with Crippen LogP contribution in [-0.2, 0) is 0 Å². The van der Waals surface area contributed by atoms with E-state index in [9.17, 15) is 4.79 Å². The topological polar surface area (TPSA) is 55.6 Å². The van der Waals surface area contributed by atoms with Gasteiger partial charge in [-0.05, 0) is 43.5 Å². The summed E-state index contributed by atoms with van der Waals surface area (Å²) in [6.45, 7) is 4.07. The summed E-state index contributed by atoms with van der Waals surface area (Å²) in [5, 5.41) is 0. The molecule has 0 unspecified atom stereocenters. The maximum absolute atomic E-state index is 13.0. The molecule has 1 aliphatic rings. The Hall–Kier alpha value is -2.82. The van der Waals surface area contributed by atoms with Gasteiger partial charge in [-0.1, -0.05) is 31.2 Å². The molecule has 1 saturated heterocycles. The highest BCUT2D eigenvalue weighted by molar-refractivity contribution is 5.97. The molecule has 2 heterocycles. The Labute approximate surface area is 158 Å². The van der Waals surface area contributed by atoms with Crippen LogP contribution in [0.1, 0.15) is 48.4 Å². The molecule has 0 aliphatic carbocycles. The number of para-hydroxylation sites is 3. The lowest BCUT2D eigenvalue weighted by atomic mass is 9.96. The minimum Gasteiger partial charge on any atom is -0.493 e. The number of nitrogens with zero attached hydrogens (tertiary/aromatic N) is 2. The van der Waals surface area contributed by atoms with Crippen LogP contribution < -0.4 is 4.74 Å². The standard InChI is InChI=1S/C22H24N2O3/c1-2-15-26-19-9-5-3-7-17(19)22(25)24-13-11-16(12-14-24)21-23-18-8-4-6-10-20(18)27-21/h3-10,16H,2,11-15H2,1H3. The van der Waals surface area contributed by atoms with E-state index in [1.165, 1.54) is 0 Å². The molecular formula is C22H24N2O3. The van der Waals surface area contributed by atoms with Gasteiger partial charge in [-0.3, -0.25) is 4.79 Å². The molecule has 0 radical (unpaired) electrons. The number of carbonyl (C=O) groups excluding carboxylic acids is 1. The van der Waals surface area contributed by atoms with Crippen LogP contribution in [0.3, 0.4) is 0 Å². The normalized spacial score (nSPS) is 15.2. The molecule has 1 amide bonds. The second kappa shape index (κ2) is 7.82. The molecule has 140 valence electrons. The highest BCUT2D eigenvalue weighted by Crippen LogP contribution is 2.31. The van der Waals surface area contributed by atoms with Gasteiger partial charge >= 0.3 is 0 Å². The maximum Gasteiger partial charge on any atom is 0.257 e. The second-order valence-electron chi connectivity index (χ2n) is 6.93. The van der Waals surface area contributed by atoms with Crippen molar-refractivity contribution >= 4 is 17.0 Å². The number of hydrogen-bond donors (Lipinski definition) is 0. The van der Waals surface area contributed by atoms with E-state index in [0.717, 1.165) is 36.3 Å². The van der Waals surface area contributed by atoms with Crippen molar-refractivity contribution in [2.45, 2.75) is 32.1 Å². The molecule has 0 N–H and O–H groups in total. The number of amides is 1. The SMILES string of the molecule is CCCOc1ccccc1C(=O)N1CCC(c2nc3ccccc3o2)CC1. The van der Waals surface area contributed by atoms with Crippen LogP contribution in [0.5, 0.6) is 5.75 Å². The summed E-state index contributed by atoms with van der Waals surface area (Å²) in [5.74, 6) is 1.76. The lowest BCUT2D eigenvalue weighted by Crippen LogP contribution is -2.38. The molecular weight excluding hydrogens is 340 g/mol. The van der Waals surface area contributed by atoms with E-state index in [1.807, 2.05) is 53.4 Å². The smallest absolute Gasteiger partial charge is 0.257 e. The van der Waals surface area contributed by atoms with E-state index in [-0.39, 0.29) is 11.8 Å². The number of fused-ring (bicyclic) bond motifs is 1. The van der Waals surface area contributed by atoms with Crippen LogP contribution in [0, 0.1) is 0 Å². The summed E-state index contributed by atoms with van der Waals surface area (Å²) in [4.78, 5) is 19.5. The van der Waals surface area contributed by atoms with Crippen LogP contribution in [0.15, 0.2) is 52.9 Å². The largest absolute Gasteiger partial charge is 0.493 e. The molecule has 4 rings (SSSR count). The molecule has 1 aliphatic heterocycles. The first kappa shape index (κ1) is 17.6. The Morgan fingerprint density at radius 3 is 2.67 bits per heavy atom. The van der Waals surface area contributed by atoms with Crippen LogP contribution in [-0.4, -0.2) is 35.5 Å². The Kier molecular flexibility index (Phi) is 5.10. The molecule has 27 heavy (non-hydrogen) atoms. The highest BCUT2D eigenvalue weighted by atomic mass is 16.5. The van der Waals surface area contributed by atoms with Crippen LogP contribution in [0.25, 0.3) is 11.1 Å². The van der Waals surface area contributed by atoms with Crippen molar-refractivity contribution in [2.75, 3.05) is 19.7 Å². The third kappa shape index (κ3) is 3.68. The number of likely N-dealkylation sites (tertiary alicyclic amines) is 1. The molecule has 5 heteroatoms. The fourth-order valence-electron chi connectivity index (χ4n) is 3.55. The van der Waals surface area contributed by atoms with Crippen molar-refractivity contribution in [1.82, 2.24) is 9.88 Å². The highest BCUT2D eigenvalue weighted by Gasteiger charge is 2.28. The number of benzene rings is 2. The number of hydrogen-bond acceptors (Lipinski definition) is 4. The molecule has 0 spiro atoms. The number of rotatable bonds is 5. The van der Waals surface area contributed by atoms with E-state index in [1.54, 1.807) is 0 Å². The fraction of sp³-hybridized carbons (Fsp3) is 0.364. The molecule has 0 bridgehead atoms. The van der Waals surface area contributed by atoms with Crippen molar-refractivity contribution in [3.63, 3.8) is 0 Å². The number of carbonyl (C=O) groups is 1. The van der Waals surface area contributed by atoms with Crippen molar-refractivity contribution < 1.29 is 13.9 Å². The Balaban J connectivity index is 1.44. The fourth-order valence-corrected chi connectivity index (χ4v) is 3.55. The number of piperidine rings is 1. The van der Waals surface area contributed by atoms with E-state index < -0.39 is 0 Å². The van der Waals surface area contributed by atoms with Crippen LogP contribution >= 0.6 is 0 Å². The Morgan fingerprint density at radius 1 is 1.15 bits per heavy atom. The predicted molar refractivity (Wildman–Crippen MR) is 104 cm³/mol. The Bertz CT molecular complexity index is 893. The van der Waals surface area contributed by atoms with Crippen LogP contribution in [0.4, 0.5) is 0 Å². The van der Waals surface area contributed by atoms with E-state index in [4.69, 9.17) is 9.15 Å². The van der Waals surface area contributed by atoms with Gasteiger partial charge in [0.1, 0.15) is 11.3 Å². The average Bonchev–Trinajstić information content (AvgIpc) is 3.16. The third-order valence-electron chi connectivity index (χ3n) is 5.02. The summed E-state index contributed by atoms with van der Waals surface area (Å²) in [6.07, 6.45) is 2.63. The summed E-state index contributed by atoms with van der Waals surface area (Å²) >= 11 is 0. The number of ether oxygens (including phenoxy) is 1. The van der Waals surface area contributed by atoms with Crippen molar-refractivity contribution in [3.05, 3.63) is 60.0 Å². The van der Waals surface area contributed by atoms with Gasteiger partial charge in [0.25, 0.3) is 5.91 Å². The minimum atomic E-state index is 0.0396. The molecule has 0 atom stereocenters. The first-order valence-electron chi connectivity index (χ1n) is 9.63. The lowest BCUT2D eigenvalue weighted by Gasteiger charge is -2.31. The molecule has 2 aromatic carbocycles. The number of aromatic nitrogens is 1. The van der Waals surface area contributed by atoms with Crippen molar-refractivity contribution in [2.24, 2.45) is 0 Å². The average molecular weight is 364 g/mol. The van der Waals surface area contributed by atoms with Gasteiger partial charge < -0.3 is 14.1 Å². The summed E-state index contributed by atoms with van der Waals surface area (Å²) in [6, 6.07) is 15.3. The van der Waals surface area contributed by atoms with Gasteiger partial charge in [0.2, 0.25) is 0 Å². The van der Waals surface area contributed by atoms with Crippen LogP contribution in [0.2, 0.25) is 0 Å². The molecule has 1 aromatic heterocycles. The van der Waals surface area contributed by atoms with Gasteiger partial charge in [-0.25, -0.2) is 4.98 Å². The molecule has 3 aromatic rings. The van der Waals surface area contributed by atoms with E-state index in [0.29, 0.717) is 31.0 Å². The van der Waals surface area contributed by atoms with Gasteiger partial charge in [0.15, 0.2) is 11.5 Å². The zero-order valence-corrected chi connectivity index (χ0v) is 15.6. The molecule has 1 fully saturated rings. The molecule has 0 saturated carbocycles. The second-order valence-corrected chi connectivity index (χ2v) is 6.93. The van der Waals surface area contributed by atoms with Gasteiger partial charge in [-0.15, -0.1) is 0 Å². The first-order valence-corrected chi connectivity index (χ1v) is 9.63. The monoisotopic (exact) mass is 364 g/mol. The quantitative estimate of drug-likeness (QED) is 0.662. The summed E-state index contributed by atoms with van der Waals surface area (Å²) in [7, 11) is 0. The summed E-state index contributed by atoms with van der Waals surface area (Å²) < 4.78 is 11.7. The summed E-state index contributed by atoms with van der Waals surface area (Å²) in [5.41, 5.74) is 2.37. The first-order chi connectivity index (χ1) is 13.3. The number of oxazole rings is 1. The predicted octanol–water partition coefficient (Wildman–Crippen LogP) is 4.64. The maximum atomic E-state index is 13.0. The third-order valence-corrected chi connectivity index (χ3v) is 5.02. The molecule has 5 nitrogen and oxygen atoms in total. The zero-order valence-electron chi connectivity index (χ0n) is 15.6. The lowest BCUT2D eigenvalue weighted by molar-refractivity contribution is 0.0702. The van der Waals surface area contributed by atoms with Gasteiger partial charge in [-0.2, -0.15) is 0 Å². The van der Waals surface area contributed by atoms with E-state index in [2.05, 4.69) is 11.9 Å². The zero-order chi connectivity index (χ0) is 18.6. The minimum absolute atomic E-state index is 0.0396. The van der Waals surface area contributed by atoms with E-state index >= 15 is 0 Å². The van der Waals surface area contributed by atoms with Crippen molar-refractivity contribution in [3.8, 4) is 5.75 Å². The van der Waals surface area contributed by atoms with Gasteiger partial charge in [0, 0.05) is 19.0 Å². The van der Waals surface area contributed by atoms with Crippen molar-refractivity contribution in [1.29, 1.82) is 0 Å². The Morgan fingerprint density at radius 2 is 1.89 bits per heavy atom.